The molecular weight excluding hydrogens is 605 g/mol. The van der Waals surface area contributed by atoms with E-state index in [0.717, 1.165) is 60.6 Å². The van der Waals surface area contributed by atoms with E-state index >= 15 is 0 Å². The van der Waals surface area contributed by atoms with Gasteiger partial charge < -0.3 is 8.85 Å². The van der Waals surface area contributed by atoms with E-state index in [2.05, 4.69) is 90.2 Å². The quantitative estimate of drug-likeness (QED) is 0.151. The Bertz CT molecular complexity index is 1030. The van der Waals surface area contributed by atoms with Gasteiger partial charge in [0.1, 0.15) is 0 Å². The topological polar surface area (TPSA) is 18.5 Å². The van der Waals surface area contributed by atoms with Gasteiger partial charge in [-0.05, 0) is 139 Å². The third kappa shape index (κ3) is 6.62. The summed E-state index contributed by atoms with van der Waals surface area (Å²) in [6.07, 6.45) is 34.6. The first-order valence-corrected chi connectivity index (χ1v) is 26.0. The second-order valence-corrected chi connectivity index (χ2v) is 26.6. The van der Waals surface area contributed by atoms with Crippen molar-refractivity contribution >= 4 is 16.6 Å². The highest BCUT2D eigenvalue weighted by Gasteiger charge is 2.64. The second kappa shape index (κ2) is 15.7. The molecule has 4 fully saturated rings. The number of hydrogen-bond acceptors (Lipinski definition) is 2. The fourth-order valence-electron chi connectivity index (χ4n) is 13.3. The molecule has 0 aromatic rings. The molecule has 47 heavy (non-hydrogen) atoms. The summed E-state index contributed by atoms with van der Waals surface area (Å²) in [7, 11) is -3.38. The van der Waals surface area contributed by atoms with Crippen molar-refractivity contribution in [2.45, 2.75) is 142 Å². The Hall–Kier alpha value is -0.686. The zero-order valence-electron chi connectivity index (χ0n) is 31.4. The van der Waals surface area contributed by atoms with Gasteiger partial charge in [-0.2, -0.15) is 0 Å². The zero-order chi connectivity index (χ0) is 33.1. The van der Waals surface area contributed by atoms with E-state index in [9.17, 15) is 0 Å². The molecule has 4 saturated carbocycles. The van der Waals surface area contributed by atoms with Crippen molar-refractivity contribution < 1.29 is 8.85 Å². The molecule has 0 aliphatic heterocycles. The van der Waals surface area contributed by atoms with Crippen molar-refractivity contribution in [1.29, 1.82) is 0 Å². The van der Waals surface area contributed by atoms with Crippen molar-refractivity contribution in [2.75, 3.05) is 13.2 Å². The largest absolute Gasteiger partial charge is 0.417 e. The maximum absolute atomic E-state index is 7.35. The van der Waals surface area contributed by atoms with Crippen LogP contribution < -0.4 is 0 Å². The lowest BCUT2D eigenvalue weighted by atomic mass is 9.51. The first-order valence-electron chi connectivity index (χ1n) is 20.9. The van der Waals surface area contributed by atoms with E-state index in [0.29, 0.717) is 11.8 Å². The minimum Gasteiger partial charge on any atom is -0.417 e. The highest BCUT2D eigenvalue weighted by atomic mass is 28.4. The summed E-state index contributed by atoms with van der Waals surface area (Å²) in [5.74, 6) is 7.80. The highest BCUT2D eigenvalue weighted by molar-refractivity contribution is 6.74. The van der Waals surface area contributed by atoms with E-state index in [1.54, 1.807) is 0 Å². The molecular formula is C43H72O2Si2. The number of fused-ring (bicyclic) bond motifs is 6. The normalized spacial score (nSPS) is 36.3. The first kappa shape index (κ1) is 36.1. The van der Waals surface area contributed by atoms with Crippen LogP contribution in [-0.2, 0) is 8.85 Å². The third-order valence-electron chi connectivity index (χ3n) is 16.1. The summed E-state index contributed by atoms with van der Waals surface area (Å²) in [6, 6.07) is 7.54. The predicted octanol–water partition coefficient (Wildman–Crippen LogP) is 12.4. The average molecular weight is 677 g/mol. The molecule has 6 aliphatic carbocycles. The lowest BCUT2D eigenvalue weighted by Crippen LogP contribution is -2.50. The van der Waals surface area contributed by atoms with E-state index in [1.807, 2.05) is 0 Å². The minimum atomic E-state index is -1.69. The van der Waals surface area contributed by atoms with Crippen LogP contribution in [0.2, 0.25) is 36.3 Å². The van der Waals surface area contributed by atoms with Crippen molar-refractivity contribution in [2.24, 2.45) is 64.6 Å². The second-order valence-electron chi connectivity index (χ2n) is 17.0. The molecule has 2 nitrogen and oxygen atoms in total. The van der Waals surface area contributed by atoms with Crippen LogP contribution in [0.25, 0.3) is 0 Å². The van der Waals surface area contributed by atoms with E-state index in [-0.39, 0.29) is 5.41 Å². The van der Waals surface area contributed by atoms with Gasteiger partial charge in [-0.15, -0.1) is 0 Å². The highest BCUT2D eigenvalue weighted by Crippen LogP contribution is 2.69. The molecule has 6 aliphatic rings. The third-order valence-corrected chi connectivity index (χ3v) is 25.4. The van der Waals surface area contributed by atoms with Gasteiger partial charge in [0.25, 0.3) is 0 Å². The van der Waals surface area contributed by atoms with Crippen LogP contribution in [0.15, 0.2) is 48.6 Å². The molecule has 4 heteroatoms. The molecule has 0 aromatic heterocycles. The van der Waals surface area contributed by atoms with Crippen LogP contribution in [-0.4, -0.2) is 29.8 Å². The lowest BCUT2D eigenvalue weighted by molar-refractivity contribution is -0.0572. The monoisotopic (exact) mass is 677 g/mol. The Morgan fingerprint density at radius 3 is 1.13 bits per heavy atom. The fourth-order valence-corrected chi connectivity index (χ4v) is 18.6. The van der Waals surface area contributed by atoms with E-state index < -0.39 is 16.6 Å². The summed E-state index contributed by atoms with van der Waals surface area (Å²) >= 11 is 0. The summed E-state index contributed by atoms with van der Waals surface area (Å²) in [6.45, 7) is 16.5. The molecule has 0 N–H and O–H groups in total. The van der Waals surface area contributed by atoms with Gasteiger partial charge in [-0.25, -0.2) is 0 Å². The van der Waals surface area contributed by atoms with E-state index in [1.165, 1.54) is 100 Å². The van der Waals surface area contributed by atoms with Crippen molar-refractivity contribution in [1.82, 2.24) is 0 Å². The lowest BCUT2D eigenvalue weighted by Gasteiger charge is -2.54. The van der Waals surface area contributed by atoms with Gasteiger partial charge in [0.05, 0.1) is 0 Å². The van der Waals surface area contributed by atoms with Gasteiger partial charge in [0, 0.05) is 13.2 Å². The maximum Gasteiger partial charge on any atom is 0.191 e. The van der Waals surface area contributed by atoms with Gasteiger partial charge in [0.15, 0.2) is 16.6 Å². The molecule has 264 valence electrons. The van der Waals surface area contributed by atoms with Crippen LogP contribution in [0.5, 0.6) is 0 Å². The number of hydrogen-bond donors (Lipinski definition) is 0. The first-order chi connectivity index (χ1) is 23.0. The Balaban J connectivity index is 1.48. The van der Waals surface area contributed by atoms with Crippen molar-refractivity contribution in [3.05, 3.63) is 48.6 Å². The smallest absolute Gasteiger partial charge is 0.191 e. The molecule has 0 heterocycles. The molecule has 0 amide bonds. The zero-order valence-corrected chi connectivity index (χ0v) is 33.4. The summed E-state index contributed by atoms with van der Waals surface area (Å²) in [5.41, 5.74) is 0.259. The molecule has 0 aromatic carbocycles. The van der Waals surface area contributed by atoms with Crippen LogP contribution in [0.1, 0.15) is 106 Å². The fraction of sp³-hybridized carbons (Fsp3) is 0.814. The van der Waals surface area contributed by atoms with Gasteiger partial charge >= 0.3 is 0 Å². The van der Waals surface area contributed by atoms with Crippen LogP contribution in [0.4, 0.5) is 0 Å². The Morgan fingerprint density at radius 1 is 0.468 bits per heavy atom. The van der Waals surface area contributed by atoms with Crippen molar-refractivity contribution in [3.8, 4) is 0 Å². The summed E-state index contributed by atoms with van der Waals surface area (Å²) < 4.78 is 14.7. The molecule has 10 atom stereocenters. The number of rotatable bonds is 16. The molecule has 0 saturated heterocycles. The molecule has 10 unspecified atom stereocenters. The molecule has 0 radical (unpaired) electrons. The van der Waals surface area contributed by atoms with E-state index in [4.69, 9.17) is 8.85 Å². The maximum atomic E-state index is 7.35. The van der Waals surface area contributed by atoms with Gasteiger partial charge in [-0.1, -0.05) is 116 Å². The number of allylic oxidation sites excluding steroid dienone is 8. The van der Waals surface area contributed by atoms with Crippen molar-refractivity contribution in [3.63, 3.8) is 0 Å². The van der Waals surface area contributed by atoms with Gasteiger partial charge in [0.2, 0.25) is 0 Å². The van der Waals surface area contributed by atoms with Crippen LogP contribution >= 0.6 is 0 Å². The molecule has 6 rings (SSSR count). The Morgan fingerprint density at radius 2 is 0.787 bits per heavy atom. The summed E-state index contributed by atoms with van der Waals surface area (Å²) in [5, 5.41) is 0. The van der Waals surface area contributed by atoms with Crippen LogP contribution in [0.3, 0.4) is 0 Å². The SMILES string of the molecule is CC[Si](CC)(CC)OCCC(CCO[Si](CC)(CC)CC)(C1C2C=CC=CC2C2CCCCC21)C1C2C=CC=CC2C2CCCCC21. The van der Waals surface area contributed by atoms with Crippen LogP contribution in [0, 0.1) is 64.6 Å². The Labute approximate surface area is 293 Å². The van der Waals surface area contributed by atoms with Gasteiger partial charge in [-0.3, -0.25) is 0 Å². The Kier molecular flexibility index (Phi) is 12.1. The predicted molar refractivity (Wildman–Crippen MR) is 206 cm³/mol. The summed E-state index contributed by atoms with van der Waals surface area (Å²) in [4.78, 5) is 0. The standard InChI is InChI=1S/C43H72O2Si2/c1-7-46(8-2,9-3)44-31-29-43(30-32-45-47(10-4,11-5)12-6,41-37-25-17-13-21-33(37)34-22-14-18-26-38(34)41)42-39-27-19-15-23-35(39)36-24-16-20-28-40(36)42/h13,15,17,19,21,23,25,27,33-42H,7-12,14,16,18,20,22,24,26,28-32H2,1-6H3. The average Bonchev–Trinajstić information content (AvgIpc) is 3.66. The minimum absolute atomic E-state index is 0.259. The molecule has 0 bridgehead atoms. The molecule has 0 spiro atoms.